The predicted molar refractivity (Wildman–Crippen MR) is 79.4 cm³/mol. The predicted octanol–water partition coefficient (Wildman–Crippen LogP) is 4.62. The molecule has 0 atom stereocenters. The van der Waals surface area contributed by atoms with Crippen molar-refractivity contribution in [3.05, 3.63) is 28.2 Å². The number of hydrogen-bond acceptors (Lipinski definition) is 2. The van der Waals surface area contributed by atoms with Crippen LogP contribution in [0.4, 0.5) is 13.2 Å². The topological polar surface area (TPSA) is 12.5 Å². The fourth-order valence-corrected chi connectivity index (χ4v) is 3.06. The van der Waals surface area contributed by atoms with Gasteiger partial charge in [0.25, 0.3) is 0 Å². The van der Waals surface area contributed by atoms with Crippen LogP contribution in [-0.2, 0) is 6.54 Å². The third-order valence-electron chi connectivity index (χ3n) is 3.78. The van der Waals surface area contributed by atoms with Crippen molar-refractivity contribution in [2.45, 2.75) is 32.5 Å². The third kappa shape index (κ3) is 4.61. The molecule has 1 heterocycles. The zero-order valence-corrected chi connectivity index (χ0v) is 13.5. The van der Waals surface area contributed by atoms with Crippen molar-refractivity contribution in [1.82, 2.24) is 4.90 Å². The van der Waals surface area contributed by atoms with Crippen LogP contribution < -0.4 is 4.74 Å². The van der Waals surface area contributed by atoms with Crippen molar-refractivity contribution in [3.8, 4) is 5.75 Å². The number of piperidine rings is 1. The molecule has 1 aliphatic rings. The van der Waals surface area contributed by atoms with Crippen LogP contribution in [-0.4, -0.2) is 30.8 Å². The molecular weight excluding hydrogens is 347 g/mol. The minimum atomic E-state index is -4.05. The van der Waals surface area contributed by atoms with Crippen LogP contribution in [0.3, 0.4) is 0 Å². The second kappa shape index (κ2) is 7.01. The summed E-state index contributed by atoms with van der Waals surface area (Å²) in [5.41, 5.74) is 1.07. The van der Waals surface area contributed by atoms with E-state index in [1.807, 2.05) is 25.1 Å². The molecule has 1 aromatic rings. The Labute approximate surface area is 131 Å². The van der Waals surface area contributed by atoms with E-state index in [1.54, 1.807) is 0 Å². The molecule has 2 nitrogen and oxygen atoms in total. The smallest absolute Gasteiger partial charge is 0.391 e. The number of likely N-dealkylation sites (tertiary alicyclic amines) is 1. The van der Waals surface area contributed by atoms with E-state index in [2.05, 4.69) is 20.8 Å². The van der Waals surface area contributed by atoms with E-state index in [-0.39, 0.29) is 12.8 Å². The Kier molecular flexibility index (Phi) is 5.54. The summed E-state index contributed by atoms with van der Waals surface area (Å²) < 4.78 is 44.3. The minimum Gasteiger partial charge on any atom is -0.494 e. The molecule has 1 saturated heterocycles. The molecule has 2 rings (SSSR count). The van der Waals surface area contributed by atoms with Gasteiger partial charge in [0.1, 0.15) is 5.75 Å². The number of rotatable bonds is 4. The molecular formula is C15H19BrF3NO. The first-order chi connectivity index (χ1) is 9.90. The number of ether oxygens (including phenoxy) is 1. The molecule has 1 fully saturated rings. The van der Waals surface area contributed by atoms with Gasteiger partial charge in [0.05, 0.1) is 12.5 Å². The molecule has 1 aliphatic heterocycles. The largest absolute Gasteiger partial charge is 0.494 e. The highest BCUT2D eigenvalue weighted by atomic mass is 79.9. The lowest BCUT2D eigenvalue weighted by molar-refractivity contribution is -0.185. The van der Waals surface area contributed by atoms with Crippen molar-refractivity contribution in [3.63, 3.8) is 0 Å². The number of hydrogen-bond donors (Lipinski definition) is 0. The van der Waals surface area contributed by atoms with E-state index >= 15 is 0 Å². The summed E-state index contributed by atoms with van der Waals surface area (Å²) in [7, 11) is 0. The lowest BCUT2D eigenvalue weighted by atomic mass is 9.96. The second-order valence-electron chi connectivity index (χ2n) is 5.28. The minimum absolute atomic E-state index is 0.193. The van der Waals surface area contributed by atoms with Gasteiger partial charge in [-0.25, -0.2) is 0 Å². The summed E-state index contributed by atoms with van der Waals surface area (Å²) in [5.74, 6) is -0.346. The average Bonchev–Trinajstić information content (AvgIpc) is 2.42. The molecule has 0 spiro atoms. The van der Waals surface area contributed by atoms with Gasteiger partial charge in [-0.15, -0.1) is 0 Å². The van der Waals surface area contributed by atoms with Gasteiger partial charge in [0.2, 0.25) is 0 Å². The van der Waals surface area contributed by atoms with Crippen LogP contribution in [0.1, 0.15) is 25.3 Å². The normalized spacial score (nSPS) is 18.0. The monoisotopic (exact) mass is 365 g/mol. The molecule has 1 aromatic carbocycles. The highest BCUT2D eigenvalue weighted by Gasteiger charge is 2.40. The lowest BCUT2D eigenvalue weighted by Crippen LogP contribution is -2.38. The molecule has 0 bridgehead atoms. The van der Waals surface area contributed by atoms with Gasteiger partial charge in [-0.1, -0.05) is 22.0 Å². The zero-order chi connectivity index (χ0) is 15.5. The quantitative estimate of drug-likeness (QED) is 0.771. The van der Waals surface area contributed by atoms with E-state index in [9.17, 15) is 13.2 Å². The first-order valence-electron chi connectivity index (χ1n) is 7.10. The van der Waals surface area contributed by atoms with Gasteiger partial charge < -0.3 is 4.74 Å². The van der Waals surface area contributed by atoms with Crippen LogP contribution in [0.15, 0.2) is 22.7 Å². The Balaban J connectivity index is 1.92. The molecule has 0 saturated carbocycles. The Hall–Kier alpha value is -0.750. The first kappa shape index (κ1) is 16.6. The Morgan fingerprint density at radius 3 is 2.48 bits per heavy atom. The van der Waals surface area contributed by atoms with E-state index in [4.69, 9.17) is 4.74 Å². The standard InChI is InChI=1S/C15H19BrF3NO/c1-2-21-13-4-3-11(14(16)9-13)10-20-7-5-12(6-8-20)15(17,18)19/h3-4,9,12H,2,5-8,10H2,1H3. The van der Waals surface area contributed by atoms with Crippen molar-refractivity contribution in [2.24, 2.45) is 5.92 Å². The fraction of sp³-hybridized carbons (Fsp3) is 0.600. The molecule has 0 N–H and O–H groups in total. The molecule has 118 valence electrons. The highest BCUT2D eigenvalue weighted by molar-refractivity contribution is 9.10. The maximum Gasteiger partial charge on any atom is 0.391 e. The fourth-order valence-electron chi connectivity index (χ4n) is 2.57. The molecule has 0 amide bonds. The molecule has 6 heteroatoms. The molecule has 0 aromatic heterocycles. The van der Waals surface area contributed by atoms with Crippen LogP contribution >= 0.6 is 15.9 Å². The summed E-state index contributed by atoms with van der Waals surface area (Å²) in [4.78, 5) is 2.07. The molecule has 0 radical (unpaired) electrons. The third-order valence-corrected chi connectivity index (χ3v) is 4.52. The number of benzene rings is 1. The van der Waals surface area contributed by atoms with E-state index in [0.29, 0.717) is 26.2 Å². The van der Waals surface area contributed by atoms with Gasteiger partial charge in [0, 0.05) is 11.0 Å². The Bertz CT molecular complexity index is 470. The number of alkyl halides is 3. The summed E-state index contributed by atoms with van der Waals surface area (Å²) in [6.45, 7) is 4.18. The van der Waals surface area contributed by atoms with E-state index in [1.165, 1.54) is 0 Å². The number of nitrogens with zero attached hydrogens (tertiary/aromatic N) is 1. The molecule has 0 aliphatic carbocycles. The molecule has 0 unspecified atom stereocenters. The van der Waals surface area contributed by atoms with Gasteiger partial charge in [0.15, 0.2) is 0 Å². The maximum absolute atomic E-state index is 12.6. The van der Waals surface area contributed by atoms with Crippen LogP contribution in [0, 0.1) is 5.92 Å². The van der Waals surface area contributed by atoms with Crippen LogP contribution in [0.25, 0.3) is 0 Å². The summed E-state index contributed by atoms with van der Waals surface area (Å²) in [6, 6.07) is 5.76. The maximum atomic E-state index is 12.6. The highest BCUT2D eigenvalue weighted by Crippen LogP contribution is 2.35. The Morgan fingerprint density at radius 1 is 1.29 bits per heavy atom. The van der Waals surface area contributed by atoms with E-state index < -0.39 is 12.1 Å². The van der Waals surface area contributed by atoms with Crippen molar-refractivity contribution < 1.29 is 17.9 Å². The van der Waals surface area contributed by atoms with Gasteiger partial charge >= 0.3 is 6.18 Å². The average molecular weight is 366 g/mol. The summed E-state index contributed by atoms with van der Waals surface area (Å²) >= 11 is 3.50. The number of halogens is 4. The van der Waals surface area contributed by atoms with Crippen LogP contribution in [0.2, 0.25) is 0 Å². The second-order valence-corrected chi connectivity index (χ2v) is 6.13. The van der Waals surface area contributed by atoms with Gasteiger partial charge in [-0.3, -0.25) is 4.90 Å². The van der Waals surface area contributed by atoms with Crippen molar-refractivity contribution in [2.75, 3.05) is 19.7 Å². The van der Waals surface area contributed by atoms with Crippen LogP contribution in [0.5, 0.6) is 5.75 Å². The SMILES string of the molecule is CCOc1ccc(CN2CCC(C(F)(F)F)CC2)c(Br)c1. The van der Waals surface area contributed by atoms with Gasteiger partial charge in [-0.05, 0) is 50.6 Å². The van der Waals surface area contributed by atoms with Crippen molar-refractivity contribution in [1.29, 1.82) is 0 Å². The first-order valence-corrected chi connectivity index (χ1v) is 7.89. The molecule has 21 heavy (non-hydrogen) atoms. The lowest BCUT2D eigenvalue weighted by Gasteiger charge is -2.33. The van der Waals surface area contributed by atoms with E-state index in [0.717, 1.165) is 15.8 Å². The Morgan fingerprint density at radius 2 is 1.95 bits per heavy atom. The van der Waals surface area contributed by atoms with Crippen molar-refractivity contribution >= 4 is 15.9 Å². The summed E-state index contributed by atoms with van der Waals surface area (Å²) in [5, 5.41) is 0. The zero-order valence-electron chi connectivity index (χ0n) is 11.9. The van der Waals surface area contributed by atoms with Gasteiger partial charge in [-0.2, -0.15) is 13.2 Å². The summed E-state index contributed by atoms with van der Waals surface area (Å²) in [6.07, 6.45) is -3.66.